The maximum atomic E-state index is 7.72. The van der Waals surface area contributed by atoms with E-state index in [4.69, 9.17) is 25.3 Å². The summed E-state index contributed by atoms with van der Waals surface area (Å²) in [7, 11) is 2.00. The quantitative estimate of drug-likeness (QED) is 0.340. The summed E-state index contributed by atoms with van der Waals surface area (Å²) < 4.78 is 17.3. The molecule has 152 valence electrons. The van der Waals surface area contributed by atoms with Crippen LogP contribution >= 0.6 is 11.1 Å². The van der Waals surface area contributed by atoms with Gasteiger partial charge in [0.1, 0.15) is 17.2 Å². The van der Waals surface area contributed by atoms with Crippen LogP contribution in [0, 0.1) is 20.8 Å². The van der Waals surface area contributed by atoms with Crippen molar-refractivity contribution in [1.82, 2.24) is 0 Å². The molecule has 3 aromatic carbocycles. The summed E-state index contributed by atoms with van der Waals surface area (Å²) in [6.07, 6.45) is 0. The van der Waals surface area contributed by atoms with E-state index in [0.717, 1.165) is 49.5 Å². The maximum Gasteiger partial charge on any atom is 0.258 e. The molecule has 3 nitrogen and oxygen atoms in total. The Labute approximate surface area is 178 Å². The van der Waals surface area contributed by atoms with Crippen LogP contribution in [0.5, 0.6) is 17.2 Å². The van der Waals surface area contributed by atoms with Gasteiger partial charge in [0.25, 0.3) is 7.38 Å². The van der Waals surface area contributed by atoms with Crippen molar-refractivity contribution < 1.29 is 14.2 Å². The predicted octanol–water partition coefficient (Wildman–Crippen LogP) is 3.84. The van der Waals surface area contributed by atoms with E-state index in [2.05, 4.69) is 36.4 Å². The number of rotatable bonds is 6. The van der Waals surface area contributed by atoms with Gasteiger partial charge in [0.15, 0.2) is 0 Å². The fourth-order valence-corrected chi connectivity index (χ4v) is 8.44. The molecule has 0 amide bonds. The Balaban J connectivity index is 2.44. The number of ether oxygens (including phenoxy) is 3. The first-order valence-electron chi connectivity index (χ1n) is 9.49. The van der Waals surface area contributed by atoms with Gasteiger partial charge in [-0.2, -0.15) is 0 Å². The number of methoxy groups -OCH3 is 3. The molecule has 0 saturated heterocycles. The van der Waals surface area contributed by atoms with Gasteiger partial charge < -0.3 is 14.2 Å². The molecule has 0 aliphatic heterocycles. The average molecular weight is 427 g/mol. The van der Waals surface area contributed by atoms with Crippen LogP contribution in [0.25, 0.3) is 0 Å². The van der Waals surface area contributed by atoms with Crippen LogP contribution < -0.4 is 29.8 Å². The summed E-state index contributed by atoms with van der Waals surface area (Å²) in [5.74, 6) is 2.32. The smallest absolute Gasteiger partial charge is 0.258 e. The van der Waals surface area contributed by atoms with Crippen LogP contribution in [-0.2, 0) is 0 Å². The standard InChI is InChI=1S/C24H27ClO3Si/c1-16-7-10-22(19(13-16)26-4)29(25,23-11-8-17(2)14-20(23)27-5)24-12-9-18(3)15-21(24)28-6/h7-15H,1-6H3. The minimum absolute atomic E-state index is 0.775. The molecule has 0 radical (unpaired) electrons. The Bertz CT molecular complexity index is 903. The summed E-state index contributed by atoms with van der Waals surface area (Å²) in [4.78, 5) is 0. The second-order valence-electron chi connectivity index (χ2n) is 7.27. The van der Waals surface area contributed by atoms with Crippen molar-refractivity contribution in [3.8, 4) is 17.2 Å². The van der Waals surface area contributed by atoms with E-state index in [0.29, 0.717) is 0 Å². The highest BCUT2D eigenvalue weighted by atomic mass is 35.6. The van der Waals surface area contributed by atoms with Crippen molar-refractivity contribution >= 4 is 34.0 Å². The van der Waals surface area contributed by atoms with Gasteiger partial charge in [-0.25, -0.2) is 0 Å². The number of halogens is 1. The summed E-state index contributed by atoms with van der Waals surface area (Å²) in [6.45, 7) is 6.13. The molecular weight excluding hydrogens is 400 g/mol. The van der Waals surface area contributed by atoms with Crippen molar-refractivity contribution in [3.05, 3.63) is 71.3 Å². The molecule has 0 unspecified atom stereocenters. The minimum Gasteiger partial charge on any atom is -0.497 e. The highest BCUT2D eigenvalue weighted by Gasteiger charge is 2.44. The first-order chi connectivity index (χ1) is 13.8. The number of aryl methyl sites for hydroxylation is 3. The lowest BCUT2D eigenvalue weighted by Gasteiger charge is -2.31. The van der Waals surface area contributed by atoms with Gasteiger partial charge in [-0.15, -0.1) is 11.1 Å². The lowest BCUT2D eigenvalue weighted by atomic mass is 10.2. The zero-order valence-electron chi connectivity index (χ0n) is 17.8. The van der Waals surface area contributed by atoms with Crippen molar-refractivity contribution in [3.63, 3.8) is 0 Å². The Morgan fingerprint density at radius 2 is 0.828 bits per heavy atom. The summed E-state index contributed by atoms with van der Waals surface area (Å²) in [5, 5.41) is 2.91. The summed E-state index contributed by atoms with van der Waals surface area (Å²) in [5.41, 5.74) is 3.35. The Morgan fingerprint density at radius 1 is 0.552 bits per heavy atom. The van der Waals surface area contributed by atoms with Gasteiger partial charge >= 0.3 is 0 Å². The molecule has 0 saturated carbocycles. The molecule has 29 heavy (non-hydrogen) atoms. The van der Waals surface area contributed by atoms with Crippen LogP contribution in [-0.4, -0.2) is 28.7 Å². The third kappa shape index (κ3) is 3.87. The van der Waals surface area contributed by atoms with E-state index in [9.17, 15) is 0 Å². The normalized spacial score (nSPS) is 11.3. The topological polar surface area (TPSA) is 27.7 Å². The summed E-state index contributed by atoms with van der Waals surface area (Å²) in [6, 6.07) is 18.5. The van der Waals surface area contributed by atoms with Gasteiger partial charge in [0, 0.05) is 15.6 Å². The lowest BCUT2D eigenvalue weighted by Crippen LogP contribution is -2.63. The van der Waals surface area contributed by atoms with Crippen LogP contribution in [0.2, 0.25) is 0 Å². The molecular formula is C24H27ClO3Si. The molecule has 0 fully saturated rings. The van der Waals surface area contributed by atoms with Crippen LogP contribution in [0.1, 0.15) is 16.7 Å². The first-order valence-corrected chi connectivity index (χ1v) is 12.5. The van der Waals surface area contributed by atoms with Gasteiger partial charge in [-0.05, 0) is 55.7 Å². The van der Waals surface area contributed by atoms with Gasteiger partial charge in [-0.3, -0.25) is 0 Å². The largest absolute Gasteiger partial charge is 0.497 e. The Hall–Kier alpha value is -2.43. The van der Waals surface area contributed by atoms with Gasteiger partial charge in [0.2, 0.25) is 0 Å². The van der Waals surface area contributed by atoms with Crippen molar-refractivity contribution in [1.29, 1.82) is 0 Å². The summed E-state index contributed by atoms with van der Waals surface area (Å²) >= 11 is 7.72. The molecule has 0 aliphatic rings. The molecule has 3 aromatic rings. The molecule has 0 bridgehead atoms. The molecule has 5 heteroatoms. The third-order valence-electron chi connectivity index (χ3n) is 5.18. The lowest BCUT2D eigenvalue weighted by molar-refractivity contribution is 0.415. The molecule has 0 spiro atoms. The zero-order valence-corrected chi connectivity index (χ0v) is 19.6. The fraction of sp³-hybridized carbons (Fsp3) is 0.250. The van der Waals surface area contributed by atoms with E-state index in [1.807, 2.05) is 39.0 Å². The molecule has 0 aliphatic carbocycles. The molecule has 0 heterocycles. The number of benzene rings is 3. The molecule has 0 N–H and O–H groups in total. The van der Waals surface area contributed by atoms with Gasteiger partial charge in [0.05, 0.1) is 21.3 Å². The van der Waals surface area contributed by atoms with Crippen molar-refractivity contribution in [2.24, 2.45) is 0 Å². The minimum atomic E-state index is -3.05. The number of hydrogen-bond acceptors (Lipinski definition) is 3. The maximum absolute atomic E-state index is 7.72. The SMILES string of the molecule is COc1cc(C)ccc1[Si](Cl)(c1ccc(C)cc1OC)c1ccc(C)cc1OC. The Morgan fingerprint density at radius 3 is 1.07 bits per heavy atom. The van der Waals surface area contributed by atoms with E-state index in [1.54, 1.807) is 21.3 Å². The van der Waals surface area contributed by atoms with Crippen LogP contribution in [0.4, 0.5) is 0 Å². The Kier molecular flexibility index (Phi) is 6.25. The van der Waals surface area contributed by atoms with Crippen LogP contribution in [0.3, 0.4) is 0 Å². The second kappa shape index (κ2) is 8.52. The highest BCUT2D eigenvalue weighted by molar-refractivity contribution is 7.41. The van der Waals surface area contributed by atoms with Crippen molar-refractivity contribution in [2.45, 2.75) is 20.8 Å². The fourth-order valence-electron chi connectivity index (χ4n) is 3.68. The number of hydrogen-bond donors (Lipinski definition) is 0. The monoisotopic (exact) mass is 426 g/mol. The molecule has 3 rings (SSSR count). The van der Waals surface area contributed by atoms with E-state index >= 15 is 0 Å². The van der Waals surface area contributed by atoms with Crippen LogP contribution in [0.15, 0.2) is 54.6 Å². The first kappa shape index (κ1) is 21.3. The highest BCUT2D eigenvalue weighted by Crippen LogP contribution is 2.27. The predicted molar refractivity (Wildman–Crippen MR) is 124 cm³/mol. The van der Waals surface area contributed by atoms with E-state index < -0.39 is 7.38 Å². The van der Waals surface area contributed by atoms with Gasteiger partial charge in [-0.1, -0.05) is 36.4 Å². The molecule has 0 atom stereocenters. The second-order valence-corrected chi connectivity index (χ2v) is 11.9. The zero-order chi connectivity index (χ0) is 21.2. The average Bonchev–Trinajstić information content (AvgIpc) is 2.72. The van der Waals surface area contributed by atoms with E-state index in [-0.39, 0.29) is 0 Å². The molecule has 0 aromatic heterocycles. The third-order valence-corrected chi connectivity index (χ3v) is 10.5. The van der Waals surface area contributed by atoms with Crippen molar-refractivity contribution in [2.75, 3.05) is 21.3 Å². The van der Waals surface area contributed by atoms with E-state index in [1.165, 1.54) is 0 Å².